The number of nitrogens with zero attached hydrogens (tertiary/aromatic N) is 1. The zero-order valence-electron chi connectivity index (χ0n) is 10.8. The van der Waals surface area contributed by atoms with Crippen LogP contribution >= 0.6 is 0 Å². The van der Waals surface area contributed by atoms with E-state index in [9.17, 15) is 9.18 Å². The number of ether oxygens (including phenoxy) is 1. The Hall–Kier alpha value is -1.58. The summed E-state index contributed by atoms with van der Waals surface area (Å²) in [7, 11) is 0. The smallest absolute Gasteiger partial charge is 0.328 e. The molecule has 0 aromatic heterocycles. The monoisotopic (exact) mass is 251 g/mol. The second-order valence-corrected chi connectivity index (χ2v) is 4.39. The predicted octanol–water partition coefficient (Wildman–Crippen LogP) is 2.53. The molecule has 0 saturated carbocycles. The van der Waals surface area contributed by atoms with Gasteiger partial charge >= 0.3 is 5.97 Å². The second kappa shape index (κ2) is 5.38. The molecule has 0 spiro atoms. The molecular weight excluding hydrogens is 233 g/mol. The Labute approximate surface area is 107 Å². The van der Waals surface area contributed by atoms with Gasteiger partial charge in [0, 0.05) is 12.2 Å². The van der Waals surface area contributed by atoms with Crippen molar-refractivity contribution in [2.75, 3.05) is 18.1 Å². The molecule has 1 aromatic carbocycles. The van der Waals surface area contributed by atoms with E-state index in [0.29, 0.717) is 13.0 Å². The van der Waals surface area contributed by atoms with Crippen LogP contribution in [0.4, 0.5) is 10.1 Å². The topological polar surface area (TPSA) is 29.5 Å². The lowest BCUT2D eigenvalue weighted by atomic mass is 10.1. The molecule has 1 aromatic rings. The van der Waals surface area contributed by atoms with Crippen LogP contribution in [0.5, 0.6) is 0 Å². The Morgan fingerprint density at radius 1 is 1.50 bits per heavy atom. The molecule has 4 heteroatoms. The van der Waals surface area contributed by atoms with Crippen LogP contribution in [-0.2, 0) is 16.0 Å². The van der Waals surface area contributed by atoms with Crippen LogP contribution in [0.25, 0.3) is 0 Å². The number of halogens is 1. The summed E-state index contributed by atoms with van der Waals surface area (Å²) in [6.07, 6.45) is 1.47. The highest BCUT2D eigenvalue weighted by Gasteiger charge is 2.30. The van der Waals surface area contributed by atoms with Gasteiger partial charge in [-0.05, 0) is 43.5 Å². The Kier molecular flexibility index (Phi) is 3.84. The number of anilines is 1. The van der Waals surface area contributed by atoms with Crippen LogP contribution in [0, 0.1) is 5.82 Å². The highest BCUT2D eigenvalue weighted by molar-refractivity contribution is 5.81. The van der Waals surface area contributed by atoms with E-state index >= 15 is 0 Å². The van der Waals surface area contributed by atoms with Crippen LogP contribution in [0.1, 0.15) is 25.8 Å². The van der Waals surface area contributed by atoms with Crippen molar-refractivity contribution >= 4 is 11.7 Å². The first-order chi connectivity index (χ1) is 8.67. The molecule has 0 saturated heterocycles. The van der Waals surface area contributed by atoms with Gasteiger partial charge in [-0.2, -0.15) is 0 Å². The minimum absolute atomic E-state index is 0.197. The lowest BCUT2D eigenvalue weighted by Gasteiger charge is -2.27. The second-order valence-electron chi connectivity index (χ2n) is 4.39. The SMILES string of the molecule is CCOC(=O)C(CC)N1CCc2cc(F)ccc21. The van der Waals surface area contributed by atoms with Crippen molar-refractivity contribution in [2.24, 2.45) is 0 Å². The average molecular weight is 251 g/mol. The number of rotatable bonds is 4. The largest absolute Gasteiger partial charge is 0.464 e. The van der Waals surface area contributed by atoms with E-state index < -0.39 is 0 Å². The summed E-state index contributed by atoms with van der Waals surface area (Å²) >= 11 is 0. The van der Waals surface area contributed by atoms with Crippen molar-refractivity contribution < 1.29 is 13.9 Å². The van der Waals surface area contributed by atoms with Crippen LogP contribution in [0.15, 0.2) is 18.2 Å². The molecule has 0 bridgehead atoms. The third kappa shape index (κ3) is 2.33. The molecule has 1 unspecified atom stereocenters. The molecule has 0 N–H and O–H groups in total. The Morgan fingerprint density at radius 3 is 2.94 bits per heavy atom. The quantitative estimate of drug-likeness (QED) is 0.770. The fourth-order valence-electron chi connectivity index (χ4n) is 2.47. The Balaban J connectivity index is 2.23. The molecule has 2 rings (SSSR count). The van der Waals surface area contributed by atoms with Gasteiger partial charge in [0.25, 0.3) is 0 Å². The van der Waals surface area contributed by atoms with Gasteiger partial charge in [0.1, 0.15) is 11.9 Å². The van der Waals surface area contributed by atoms with Gasteiger partial charge in [0.2, 0.25) is 0 Å². The molecule has 0 amide bonds. The van der Waals surface area contributed by atoms with Crippen molar-refractivity contribution in [1.82, 2.24) is 0 Å². The van der Waals surface area contributed by atoms with Gasteiger partial charge in [0.15, 0.2) is 0 Å². The first kappa shape index (κ1) is 12.9. The zero-order valence-corrected chi connectivity index (χ0v) is 10.8. The van der Waals surface area contributed by atoms with E-state index in [4.69, 9.17) is 4.74 Å². The van der Waals surface area contributed by atoms with E-state index in [1.54, 1.807) is 19.1 Å². The molecular formula is C14H18FNO2. The van der Waals surface area contributed by atoms with Gasteiger partial charge in [-0.1, -0.05) is 6.92 Å². The van der Waals surface area contributed by atoms with E-state index in [0.717, 1.165) is 24.2 Å². The summed E-state index contributed by atoms with van der Waals surface area (Å²) in [5.74, 6) is -0.419. The van der Waals surface area contributed by atoms with E-state index in [1.165, 1.54) is 6.07 Å². The summed E-state index contributed by atoms with van der Waals surface area (Å²) in [6, 6.07) is 4.47. The Morgan fingerprint density at radius 2 is 2.28 bits per heavy atom. The van der Waals surface area contributed by atoms with Gasteiger partial charge in [-0.15, -0.1) is 0 Å². The number of fused-ring (bicyclic) bond motifs is 1. The maximum Gasteiger partial charge on any atom is 0.328 e. The van der Waals surface area contributed by atoms with Gasteiger partial charge < -0.3 is 9.64 Å². The van der Waals surface area contributed by atoms with Gasteiger partial charge in [-0.25, -0.2) is 9.18 Å². The minimum atomic E-state index is -0.267. The molecule has 0 fully saturated rings. The van der Waals surface area contributed by atoms with Crippen molar-refractivity contribution in [2.45, 2.75) is 32.7 Å². The summed E-state index contributed by atoms with van der Waals surface area (Å²) < 4.78 is 18.2. The molecule has 1 atom stereocenters. The molecule has 98 valence electrons. The number of esters is 1. The normalized spacial score (nSPS) is 15.4. The molecule has 3 nitrogen and oxygen atoms in total. The number of carbonyl (C=O) groups is 1. The van der Waals surface area contributed by atoms with Crippen molar-refractivity contribution in [1.29, 1.82) is 0 Å². The van der Waals surface area contributed by atoms with Crippen LogP contribution in [0.3, 0.4) is 0 Å². The maximum absolute atomic E-state index is 13.1. The highest BCUT2D eigenvalue weighted by Crippen LogP contribution is 2.31. The molecule has 18 heavy (non-hydrogen) atoms. The summed E-state index contributed by atoms with van der Waals surface area (Å²) in [5.41, 5.74) is 1.93. The first-order valence-electron chi connectivity index (χ1n) is 6.39. The fourth-order valence-corrected chi connectivity index (χ4v) is 2.47. The molecule has 1 aliphatic heterocycles. The minimum Gasteiger partial charge on any atom is -0.464 e. The first-order valence-corrected chi connectivity index (χ1v) is 6.39. The van der Waals surface area contributed by atoms with Crippen LogP contribution < -0.4 is 4.90 Å². The number of hydrogen-bond donors (Lipinski definition) is 0. The van der Waals surface area contributed by atoms with Crippen molar-refractivity contribution in [3.8, 4) is 0 Å². The van der Waals surface area contributed by atoms with Crippen LogP contribution in [-0.4, -0.2) is 25.2 Å². The standard InChI is InChI=1S/C14H18FNO2/c1-3-12(14(17)18-4-2)16-8-7-10-9-11(15)5-6-13(10)16/h5-6,9,12H,3-4,7-8H2,1-2H3. The molecule has 1 aliphatic rings. The van der Waals surface area contributed by atoms with Gasteiger partial charge in [-0.3, -0.25) is 0 Å². The maximum atomic E-state index is 13.1. The summed E-state index contributed by atoms with van der Waals surface area (Å²) in [5, 5.41) is 0. The van der Waals surface area contributed by atoms with Crippen molar-refractivity contribution in [3.63, 3.8) is 0 Å². The summed E-state index contributed by atoms with van der Waals surface area (Å²) in [6.45, 7) is 4.90. The predicted molar refractivity (Wildman–Crippen MR) is 68.2 cm³/mol. The molecule has 0 radical (unpaired) electrons. The van der Waals surface area contributed by atoms with E-state index in [-0.39, 0.29) is 17.8 Å². The molecule has 0 aliphatic carbocycles. The third-order valence-electron chi connectivity index (χ3n) is 3.29. The fraction of sp³-hybridized carbons (Fsp3) is 0.500. The lowest BCUT2D eigenvalue weighted by Crippen LogP contribution is -2.41. The van der Waals surface area contributed by atoms with E-state index in [2.05, 4.69) is 0 Å². The third-order valence-corrected chi connectivity index (χ3v) is 3.29. The average Bonchev–Trinajstić information content (AvgIpc) is 2.73. The lowest BCUT2D eigenvalue weighted by molar-refractivity contribution is -0.144. The Bertz CT molecular complexity index is 447. The highest BCUT2D eigenvalue weighted by atomic mass is 19.1. The molecule has 1 heterocycles. The summed E-state index contributed by atoms with van der Waals surface area (Å²) in [4.78, 5) is 13.9. The number of benzene rings is 1. The van der Waals surface area contributed by atoms with Crippen molar-refractivity contribution in [3.05, 3.63) is 29.6 Å². The number of carbonyl (C=O) groups excluding carboxylic acids is 1. The zero-order chi connectivity index (χ0) is 13.1. The van der Waals surface area contributed by atoms with Crippen LogP contribution in [0.2, 0.25) is 0 Å². The number of hydrogen-bond acceptors (Lipinski definition) is 3. The van der Waals surface area contributed by atoms with E-state index in [1.807, 2.05) is 11.8 Å². The van der Waals surface area contributed by atoms with Gasteiger partial charge in [0.05, 0.1) is 6.61 Å².